The third-order valence-electron chi connectivity index (χ3n) is 2.96. The van der Waals surface area contributed by atoms with Crippen LogP contribution < -0.4 is 5.32 Å². The second kappa shape index (κ2) is 6.51. The van der Waals surface area contributed by atoms with Crippen molar-refractivity contribution in [1.29, 1.82) is 0 Å². The summed E-state index contributed by atoms with van der Waals surface area (Å²) in [5.74, 6) is -0.267. The Labute approximate surface area is 125 Å². The third kappa shape index (κ3) is 4.03. The van der Waals surface area contributed by atoms with Gasteiger partial charge in [-0.05, 0) is 48.4 Å². The van der Waals surface area contributed by atoms with E-state index in [1.807, 2.05) is 12.1 Å². The fourth-order valence-corrected chi connectivity index (χ4v) is 2.44. The van der Waals surface area contributed by atoms with Crippen LogP contribution in [0.25, 0.3) is 0 Å². The van der Waals surface area contributed by atoms with Crippen LogP contribution in [-0.2, 0) is 6.54 Å². The molecular formula is C15H14BrClFN. The van der Waals surface area contributed by atoms with Crippen molar-refractivity contribution in [2.45, 2.75) is 19.5 Å². The fourth-order valence-electron chi connectivity index (χ4n) is 1.84. The summed E-state index contributed by atoms with van der Waals surface area (Å²) in [6, 6.07) is 12.7. The molecule has 1 N–H and O–H groups in total. The molecule has 0 aromatic heterocycles. The lowest BCUT2D eigenvalue weighted by Gasteiger charge is -2.15. The maximum absolute atomic E-state index is 13.2. The summed E-state index contributed by atoms with van der Waals surface area (Å²) in [6.45, 7) is 2.60. The first-order valence-electron chi connectivity index (χ1n) is 5.99. The Balaban J connectivity index is 2.04. The Morgan fingerprint density at radius 3 is 2.79 bits per heavy atom. The van der Waals surface area contributed by atoms with Gasteiger partial charge in [0.05, 0.1) is 0 Å². The average molecular weight is 343 g/mol. The average Bonchev–Trinajstić information content (AvgIpc) is 2.39. The van der Waals surface area contributed by atoms with E-state index < -0.39 is 0 Å². The van der Waals surface area contributed by atoms with Crippen LogP contribution in [0.5, 0.6) is 0 Å². The summed E-state index contributed by atoms with van der Waals surface area (Å²) < 4.78 is 14.2. The summed E-state index contributed by atoms with van der Waals surface area (Å²) >= 11 is 9.49. The molecule has 19 heavy (non-hydrogen) atoms. The minimum atomic E-state index is -0.267. The van der Waals surface area contributed by atoms with Crippen molar-refractivity contribution < 1.29 is 4.39 Å². The molecule has 2 aromatic carbocycles. The van der Waals surface area contributed by atoms with Gasteiger partial charge in [-0.3, -0.25) is 0 Å². The highest BCUT2D eigenvalue weighted by atomic mass is 79.9. The highest BCUT2D eigenvalue weighted by Gasteiger charge is 2.07. The third-order valence-corrected chi connectivity index (χ3v) is 3.82. The largest absolute Gasteiger partial charge is 0.306 e. The van der Waals surface area contributed by atoms with E-state index in [0.29, 0.717) is 11.6 Å². The molecule has 0 aliphatic carbocycles. The molecule has 0 aliphatic heterocycles. The van der Waals surface area contributed by atoms with Crippen LogP contribution in [-0.4, -0.2) is 0 Å². The topological polar surface area (TPSA) is 12.0 Å². The van der Waals surface area contributed by atoms with Crippen molar-refractivity contribution in [1.82, 2.24) is 5.32 Å². The molecular weight excluding hydrogens is 329 g/mol. The maximum atomic E-state index is 13.2. The molecule has 0 spiro atoms. The van der Waals surface area contributed by atoms with Gasteiger partial charge in [0.25, 0.3) is 0 Å². The summed E-state index contributed by atoms with van der Waals surface area (Å²) in [7, 11) is 0. The number of hydrogen-bond donors (Lipinski definition) is 1. The first kappa shape index (κ1) is 14.5. The lowest BCUT2D eigenvalue weighted by molar-refractivity contribution is 0.569. The summed E-state index contributed by atoms with van der Waals surface area (Å²) in [6.07, 6.45) is 0. The van der Waals surface area contributed by atoms with E-state index in [4.69, 9.17) is 11.6 Å². The van der Waals surface area contributed by atoms with Gasteiger partial charge in [-0.15, -0.1) is 0 Å². The van der Waals surface area contributed by atoms with Crippen LogP contribution in [0.3, 0.4) is 0 Å². The molecule has 2 aromatic rings. The monoisotopic (exact) mass is 341 g/mol. The predicted molar refractivity (Wildman–Crippen MR) is 80.8 cm³/mol. The van der Waals surface area contributed by atoms with Gasteiger partial charge >= 0.3 is 0 Å². The molecule has 0 bridgehead atoms. The highest BCUT2D eigenvalue weighted by Crippen LogP contribution is 2.20. The minimum absolute atomic E-state index is 0.164. The summed E-state index contributed by atoms with van der Waals surface area (Å²) in [5, 5.41) is 3.92. The van der Waals surface area contributed by atoms with E-state index in [1.54, 1.807) is 6.07 Å². The van der Waals surface area contributed by atoms with Gasteiger partial charge in [-0.1, -0.05) is 39.7 Å². The number of hydrogen-bond acceptors (Lipinski definition) is 1. The summed E-state index contributed by atoms with van der Waals surface area (Å²) in [5.41, 5.74) is 1.94. The smallest absolute Gasteiger partial charge is 0.123 e. The van der Waals surface area contributed by atoms with Crippen LogP contribution in [0, 0.1) is 5.82 Å². The van der Waals surface area contributed by atoms with Crippen molar-refractivity contribution in [2.24, 2.45) is 0 Å². The highest BCUT2D eigenvalue weighted by molar-refractivity contribution is 9.10. The van der Waals surface area contributed by atoms with Gasteiger partial charge in [0.1, 0.15) is 5.82 Å². The Hall–Kier alpha value is -0.900. The molecule has 0 saturated carbocycles. The molecule has 0 fully saturated rings. The van der Waals surface area contributed by atoms with Crippen molar-refractivity contribution in [3.05, 3.63) is 68.9 Å². The van der Waals surface area contributed by atoms with Crippen LogP contribution in [0.2, 0.25) is 5.02 Å². The van der Waals surface area contributed by atoms with Crippen molar-refractivity contribution in [3.8, 4) is 0 Å². The standard InChI is InChI=1S/C15H14BrClFN/c1-10(11-3-2-4-13(16)7-11)19-9-12-8-14(18)5-6-15(12)17/h2-8,10,19H,9H2,1H3/t10-/m1/s1. The molecule has 0 amide bonds. The Morgan fingerprint density at radius 1 is 1.26 bits per heavy atom. The molecule has 100 valence electrons. The summed E-state index contributed by atoms with van der Waals surface area (Å²) in [4.78, 5) is 0. The molecule has 0 saturated heterocycles. The van der Waals surface area contributed by atoms with E-state index in [9.17, 15) is 4.39 Å². The molecule has 0 heterocycles. The van der Waals surface area contributed by atoms with Gasteiger partial charge in [0, 0.05) is 22.1 Å². The van der Waals surface area contributed by atoms with Crippen molar-refractivity contribution in [2.75, 3.05) is 0 Å². The van der Waals surface area contributed by atoms with Gasteiger partial charge in [0.2, 0.25) is 0 Å². The lowest BCUT2D eigenvalue weighted by atomic mass is 10.1. The Morgan fingerprint density at radius 2 is 2.05 bits per heavy atom. The van der Waals surface area contributed by atoms with Gasteiger partial charge in [-0.2, -0.15) is 0 Å². The molecule has 0 radical (unpaired) electrons. The lowest BCUT2D eigenvalue weighted by Crippen LogP contribution is -2.18. The van der Waals surface area contributed by atoms with Crippen molar-refractivity contribution in [3.63, 3.8) is 0 Å². The van der Waals surface area contributed by atoms with Crippen LogP contribution in [0.4, 0.5) is 4.39 Å². The Kier molecular flexibility index (Phi) is 4.97. The van der Waals surface area contributed by atoms with E-state index in [-0.39, 0.29) is 11.9 Å². The molecule has 2 rings (SSSR count). The second-order valence-electron chi connectivity index (χ2n) is 4.39. The molecule has 0 unspecified atom stereocenters. The zero-order valence-corrected chi connectivity index (χ0v) is 12.8. The zero-order chi connectivity index (χ0) is 13.8. The number of halogens is 3. The minimum Gasteiger partial charge on any atom is -0.306 e. The molecule has 0 aliphatic rings. The number of rotatable bonds is 4. The molecule has 1 atom stereocenters. The van der Waals surface area contributed by atoms with E-state index in [1.165, 1.54) is 17.7 Å². The maximum Gasteiger partial charge on any atom is 0.123 e. The molecule has 4 heteroatoms. The normalized spacial score (nSPS) is 12.4. The number of benzene rings is 2. The first-order valence-corrected chi connectivity index (χ1v) is 7.16. The molecule has 1 nitrogen and oxygen atoms in total. The first-order chi connectivity index (χ1) is 9.06. The van der Waals surface area contributed by atoms with Crippen LogP contribution >= 0.6 is 27.5 Å². The van der Waals surface area contributed by atoms with Gasteiger partial charge in [-0.25, -0.2) is 4.39 Å². The second-order valence-corrected chi connectivity index (χ2v) is 5.72. The van der Waals surface area contributed by atoms with Crippen LogP contribution in [0.1, 0.15) is 24.1 Å². The SMILES string of the molecule is C[C@@H](NCc1cc(F)ccc1Cl)c1cccc(Br)c1. The van der Waals surface area contributed by atoms with Crippen LogP contribution in [0.15, 0.2) is 46.9 Å². The zero-order valence-electron chi connectivity index (χ0n) is 10.5. The van der Waals surface area contributed by atoms with Gasteiger partial charge in [0.15, 0.2) is 0 Å². The predicted octanol–water partition coefficient (Wildman–Crippen LogP) is 5.09. The van der Waals surface area contributed by atoms with Crippen molar-refractivity contribution >= 4 is 27.5 Å². The van der Waals surface area contributed by atoms with E-state index in [0.717, 1.165) is 10.0 Å². The quantitative estimate of drug-likeness (QED) is 0.816. The van der Waals surface area contributed by atoms with E-state index in [2.05, 4.69) is 40.3 Å². The fraction of sp³-hybridized carbons (Fsp3) is 0.200. The van der Waals surface area contributed by atoms with E-state index >= 15 is 0 Å². The van der Waals surface area contributed by atoms with Gasteiger partial charge < -0.3 is 5.32 Å². The number of nitrogens with one attached hydrogen (secondary N) is 1. The Bertz CT molecular complexity index is 574.